The Labute approximate surface area is 310 Å². The lowest BCUT2D eigenvalue weighted by atomic mass is 9.82. The van der Waals surface area contributed by atoms with E-state index in [1.165, 1.54) is 55.6 Å². The van der Waals surface area contributed by atoms with Crippen molar-refractivity contribution in [2.45, 2.75) is 19.3 Å². The summed E-state index contributed by atoms with van der Waals surface area (Å²) in [4.78, 5) is 2.33. The molecule has 0 amide bonds. The largest absolute Gasteiger partial charge is 0.456 e. The van der Waals surface area contributed by atoms with E-state index in [1.807, 2.05) is 12.1 Å². The third-order valence-electron chi connectivity index (χ3n) is 11.1. The molecule has 2 heteroatoms. The van der Waals surface area contributed by atoms with Gasteiger partial charge >= 0.3 is 0 Å². The maximum absolute atomic E-state index is 6.16. The first-order valence-electron chi connectivity index (χ1n) is 18.3. The fraction of sp³-hybridized carbons (Fsp3) is 0.0588. The number of furan rings is 1. The van der Waals surface area contributed by atoms with E-state index in [1.54, 1.807) is 0 Å². The summed E-state index contributed by atoms with van der Waals surface area (Å²) in [5, 5.41) is 2.31. The molecule has 0 aliphatic heterocycles. The summed E-state index contributed by atoms with van der Waals surface area (Å²) >= 11 is 0. The SMILES string of the molecule is CC1(C)c2ccccc2-c2cc(-c3ccc(N(c4ccccc4)c4ccc(-c5ccc(-c6cccc7oc8ccccc8c67)cc5)cc4)cc3)ccc21. The van der Waals surface area contributed by atoms with E-state index >= 15 is 0 Å². The molecule has 0 spiro atoms. The van der Waals surface area contributed by atoms with Crippen LogP contribution >= 0.6 is 0 Å². The molecule has 10 rings (SSSR count). The van der Waals surface area contributed by atoms with Crippen LogP contribution < -0.4 is 4.90 Å². The lowest BCUT2D eigenvalue weighted by Gasteiger charge is -2.26. The number of para-hydroxylation sites is 2. The Hall–Kier alpha value is -6.64. The molecule has 1 aromatic heterocycles. The van der Waals surface area contributed by atoms with Gasteiger partial charge in [0, 0.05) is 33.2 Å². The first kappa shape index (κ1) is 31.1. The van der Waals surface area contributed by atoms with Crippen molar-refractivity contribution in [1.29, 1.82) is 0 Å². The van der Waals surface area contributed by atoms with Gasteiger partial charge in [-0.2, -0.15) is 0 Å². The molecule has 9 aromatic rings. The lowest BCUT2D eigenvalue weighted by molar-refractivity contribution is 0.660. The summed E-state index contributed by atoms with van der Waals surface area (Å²) in [5.41, 5.74) is 17.8. The molecule has 8 aromatic carbocycles. The lowest BCUT2D eigenvalue weighted by Crippen LogP contribution is -2.14. The predicted octanol–water partition coefficient (Wildman–Crippen LogP) is 14.4. The Bertz CT molecular complexity index is 2770. The van der Waals surface area contributed by atoms with Gasteiger partial charge in [0.05, 0.1) is 0 Å². The van der Waals surface area contributed by atoms with Gasteiger partial charge in [-0.3, -0.25) is 0 Å². The average Bonchev–Trinajstić information content (AvgIpc) is 3.71. The fourth-order valence-electron chi connectivity index (χ4n) is 8.39. The molecule has 0 bridgehead atoms. The summed E-state index contributed by atoms with van der Waals surface area (Å²) in [6.07, 6.45) is 0. The minimum Gasteiger partial charge on any atom is -0.456 e. The molecule has 0 fully saturated rings. The van der Waals surface area contributed by atoms with Crippen LogP contribution in [0.1, 0.15) is 25.0 Å². The van der Waals surface area contributed by atoms with Gasteiger partial charge in [-0.15, -0.1) is 0 Å². The van der Waals surface area contributed by atoms with Gasteiger partial charge in [0.15, 0.2) is 0 Å². The predicted molar refractivity (Wildman–Crippen MR) is 222 cm³/mol. The van der Waals surface area contributed by atoms with Crippen LogP contribution in [-0.4, -0.2) is 0 Å². The minimum atomic E-state index is 0.00895. The Kier molecular flexibility index (Phi) is 7.19. The molecule has 0 N–H and O–H groups in total. The van der Waals surface area contributed by atoms with Crippen LogP contribution in [0.2, 0.25) is 0 Å². The third-order valence-corrected chi connectivity index (χ3v) is 11.1. The number of hydrogen-bond acceptors (Lipinski definition) is 2. The summed E-state index contributed by atoms with van der Waals surface area (Å²) in [6, 6.07) is 67.8. The summed E-state index contributed by atoms with van der Waals surface area (Å²) in [6.45, 7) is 4.66. The summed E-state index contributed by atoms with van der Waals surface area (Å²) in [5.74, 6) is 0. The molecular formula is C51H37NO. The Morgan fingerprint density at radius 1 is 0.377 bits per heavy atom. The standard InChI is InChI=1S/C51H37NO/c1-51(2)46-16-8-6-13-43(46)45-33-38(27-32-47(45)51)36-25-30-41(31-26-36)52(39-11-4-3-5-12-39)40-28-23-35(24-29-40)34-19-21-37(22-20-34)42-15-10-18-49-50(42)44-14-7-9-17-48(44)53-49/h3-33H,1-2H3. The van der Waals surface area contributed by atoms with Gasteiger partial charge in [-0.05, 0) is 110 Å². The number of hydrogen-bond donors (Lipinski definition) is 0. The average molecular weight is 680 g/mol. The molecule has 0 saturated heterocycles. The van der Waals surface area contributed by atoms with Gasteiger partial charge in [0.2, 0.25) is 0 Å². The first-order valence-corrected chi connectivity index (χ1v) is 18.3. The molecule has 1 heterocycles. The normalized spacial score (nSPS) is 12.9. The van der Waals surface area contributed by atoms with Crippen molar-refractivity contribution in [1.82, 2.24) is 0 Å². The smallest absolute Gasteiger partial charge is 0.136 e. The van der Waals surface area contributed by atoms with Crippen molar-refractivity contribution in [2.75, 3.05) is 4.90 Å². The van der Waals surface area contributed by atoms with Crippen molar-refractivity contribution in [3.63, 3.8) is 0 Å². The quantitative estimate of drug-likeness (QED) is 0.174. The second-order valence-electron chi connectivity index (χ2n) is 14.5. The van der Waals surface area contributed by atoms with E-state index in [-0.39, 0.29) is 5.41 Å². The van der Waals surface area contributed by atoms with Crippen LogP contribution in [-0.2, 0) is 5.41 Å². The van der Waals surface area contributed by atoms with E-state index in [4.69, 9.17) is 4.42 Å². The minimum absolute atomic E-state index is 0.00895. The van der Waals surface area contributed by atoms with Crippen molar-refractivity contribution in [2.24, 2.45) is 0 Å². The Morgan fingerprint density at radius 3 is 1.62 bits per heavy atom. The van der Waals surface area contributed by atoms with E-state index in [0.29, 0.717) is 0 Å². The molecular weight excluding hydrogens is 643 g/mol. The van der Waals surface area contributed by atoms with E-state index in [9.17, 15) is 0 Å². The number of benzene rings is 8. The van der Waals surface area contributed by atoms with E-state index in [0.717, 1.165) is 39.0 Å². The second kappa shape index (κ2) is 12.3. The van der Waals surface area contributed by atoms with Crippen LogP contribution in [0, 0.1) is 0 Å². The number of nitrogens with zero attached hydrogens (tertiary/aromatic N) is 1. The van der Waals surface area contributed by atoms with Crippen LogP contribution in [0.4, 0.5) is 17.1 Å². The first-order chi connectivity index (χ1) is 26.0. The number of anilines is 3. The highest BCUT2D eigenvalue weighted by atomic mass is 16.3. The van der Waals surface area contributed by atoms with E-state index < -0.39 is 0 Å². The van der Waals surface area contributed by atoms with Crippen LogP contribution in [0.15, 0.2) is 192 Å². The van der Waals surface area contributed by atoms with Gasteiger partial charge in [-0.1, -0.05) is 147 Å². The topological polar surface area (TPSA) is 16.4 Å². The van der Waals surface area contributed by atoms with Gasteiger partial charge in [0.25, 0.3) is 0 Å². The molecule has 252 valence electrons. The van der Waals surface area contributed by atoms with Crippen molar-refractivity contribution < 1.29 is 4.42 Å². The zero-order valence-corrected chi connectivity index (χ0v) is 29.8. The van der Waals surface area contributed by atoms with Crippen LogP contribution in [0.25, 0.3) is 66.4 Å². The van der Waals surface area contributed by atoms with Crippen LogP contribution in [0.5, 0.6) is 0 Å². The molecule has 0 saturated carbocycles. The molecule has 1 aliphatic carbocycles. The summed E-state index contributed by atoms with van der Waals surface area (Å²) in [7, 11) is 0. The highest BCUT2D eigenvalue weighted by Crippen LogP contribution is 2.49. The maximum Gasteiger partial charge on any atom is 0.136 e. The highest BCUT2D eigenvalue weighted by molar-refractivity contribution is 6.12. The van der Waals surface area contributed by atoms with Gasteiger partial charge in [-0.25, -0.2) is 0 Å². The fourth-order valence-corrected chi connectivity index (χ4v) is 8.39. The van der Waals surface area contributed by atoms with Crippen molar-refractivity contribution in [3.05, 3.63) is 199 Å². The van der Waals surface area contributed by atoms with Gasteiger partial charge < -0.3 is 9.32 Å². The van der Waals surface area contributed by atoms with Gasteiger partial charge in [0.1, 0.15) is 11.2 Å². The van der Waals surface area contributed by atoms with Crippen molar-refractivity contribution >= 4 is 39.0 Å². The molecule has 0 radical (unpaired) electrons. The Morgan fingerprint density at radius 2 is 0.887 bits per heavy atom. The highest BCUT2D eigenvalue weighted by Gasteiger charge is 2.35. The molecule has 2 nitrogen and oxygen atoms in total. The molecule has 0 unspecified atom stereocenters. The maximum atomic E-state index is 6.16. The third kappa shape index (κ3) is 5.18. The zero-order valence-electron chi connectivity index (χ0n) is 29.8. The monoisotopic (exact) mass is 679 g/mol. The molecule has 53 heavy (non-hydrogen) atoms. The number of rotatable bonds is 6. The van der Waals surface area contributed by atoms with Crippen molar-refractivity contribution in [3.8, 4) is 44.5 Å². The second-order valence-corrected chi connectivity index (χ2v) is 14.5. The number of fused-ring (bicyclic) bond motifs is 6. The van der Waals surface area contributed by atoms with E-state index in [2.05, 4.69) is 195 Å². The van der Waals surface area contributed by atoms with Crippen LogP contribution in [0.3, 0.4) is 0 Å². The zero-order chi connectivity index (χ0) is 35.5. The molecule has 0 atom stereocenters. The Balaban J connectivity index is 0.951. The summed E-state index contributed by atoms with van der Waals surface area (Å²) < 4.78 is 6.16. The molecule has 1 aliphatic rings.